The maximum Gasteiger partial charge on any atom is 0.262 e. The maximum absolute atomic E-state index is 11.8. The topological polar surface area (TPSA) is 38.3 Å². The predicted octanol–water partition coefficient (Wildman–Crippen LogP) is 4.63. The molecular formula is C16H15Cl2NO2. The van der Waals surface area contributed by atoms with E-state index in [0.717, 1.165) is 11.3 Å². The Morgan fingerprint density at radius 2 is 1.71 bits per heavy atom. The zero-order valence-electron chi connectivity index (χ0n) is 11.7. The van der Waals surface area contributed by atoms with Gasteiger partial charge < -0.3 is 10.1 Å². The molecule has 0 radical (unpaired) electrons. The third-order valence-electron chi connectivity index (χ3n) is 3.00. The van der Waals surface area contributed by atoms with Crippen LogP contribution in [0.5, 0.6) is 5.75 Å². The minimum absolute atomic E-state index is 0.108. The Labute approximate surface area is 133 Å². The number of rotatable bonds is 4. The van der Waals surface area contributed by atoms with Crippen molar-refractivity contribution in [3.05, 3.63) is 57.6 Å². The van der Waals surface area contributed by atoms with Crippen LogP contribution in [-0.2, 0) is 4.79 Å². The third kappa shape index (κ3) is 4.66. The second kappa shape index (κ2) is 6.83. The summed E-state index contributed by atoms with van der Waals surface area (Å²) in [6.45, 7) is 3.91. The van der Waals surface area contributed by atoms with Crippen LogP contribution in [0, 0.1) is 13.8 Å². The van der Waals surface area contributed by atoms with Gasteiger partial charge in [-0.3, -0.25) is 4.79 Å². The van der Waals surface area contributed by atoms with E-state index in [2.05, 4.69) is 5.32 Å². The molecule has 3 nitrogen and oxygen atoms in total. The first-order chi connectivity index (χ1) is 9.94. The number of hydrogen-bond acceptors (Lipinski definition) is 2. The second-order valence-corrected chi connectivity index (χ2v) is 5.61. The molecule has 0 saturated heterocycles. The molecule has 2 rings (SSSR count). The van der Waals surface area contributed by atoms with E-state index in [-0.39, 0.29) is 12.5 Å². The van der Waals surface area contributed by atoms with Gasteiger partial charge in [-0.15, -0.1) is 0 Å². The molecule has 2 aromatic rings. The molecule has 0 fully saturated rings. The van der Waals surface area contributed by atoms with Crippen LogP contribution in [0.2, 0.25) is 10.0 Å². The van der Waals surface area contributed by atoms with Crippen LogP contribution >= 0.6 is 23.2 Å². The van der Waals surface area contributed by atoms with Crippen molar-refractivity contribution in [2.45, 2.75) is 13.8 Å². The molecule has 0 aliphatic heterocycles. The number of anilines is 1. The first-order valence-corrected chi connectivity index (χ1v) is 7.15. The van der Waals surface area contributed by atoms with E-state index in [1.165, 1.54) is 5.56 Å². The first-order valence-electron chi connectivity index (χ1n) is 6.40. The number of carbonyl (C=O) groups is 1. The van der Waals surface area contributed by atoms with Crippen LogP contribution in [0.3, 0.4) is 0 Å². The lowest BCUT2D eigenvalue weighted by molar-refractivity contribution is -0.118. The molecule has 0 unspecified atom stereocenters. The summed E-state index contributed by atoms with van der Waals surface area (Å²) in [4.78, 5) is 11.8. The Morgan fingerprint density at radius 1 is 1.05 bits per heavy atom. The van der Waals surface area contributed by atoms with Crippen LogP contribution in [-0.4, -0.2) is 12.5 Å². The molecule has 0 heterocycles. The molecule has 1 N–H and O–H groups in total. The molecule has 0 aliphatic carbocycles. The monoisotopic (exact) mass is 323 g/mol. The van der Waals surface area contributed by atoms with Crippen molar-refractivity contribution < 1.29 is 9.53 Å². The molecule has 0 spiro atoms. The minimum atomic E-state index is -0.241. The predicted molar refractivity (Wildman–Crippen MR) is 86.5 cm³/mol. The Bertz CT molecular complexity index is 651. The van der Waals surface area contributed by atoms with Gasteiger partial charge in [0, 0.05) is 15.7 Å². The van der Waals surface area contributed by atoms with Crippen molar-refractivity contribution in [3.63, 3.8) is 0 Å². The highest BCUT2D eigenvalue weighted by Gasteiger charge is 2.06. The lowest BCUT2D eigenvalue weighted by Crippen LogP contribution is -2.20. The maximum atomic E-state index is 11.8. The molecule has 0 aromatic heterocycles. The molecule has 110 valence electrons. The average Bonchev–Trinajstić information content (AvgIpc) is 2.40. The number of carbonyl (C=O) groups excluding carboxylic acids is 1. The van der Waals surface area contributed by atoms with E-state index in [1.54, 1.807) is 18.2 Å². The quantitative estimate of drug-likeness (QED) is 0.890. The number of aryl methyl sites for hydroxylation is 2. The number of halogens is 2. The van der Waals surface area contributed by atoms with E-state index < -0.39 is 0 Å². The lowest BCUT2D eigenvalue weighted by atomic mass is 10.1. The lowest BCUT2D eigenvalue weighted by Gasteiger charge is -2.09. The highest BCUT2D eigenvalue weighted by atomic mass is 35.5. The van der Waals surface area contributed by atoms with Gasteiger partial charge in [0.2, 0.25) is 0 Å². The van der Waals surface area contributed by atoms with Gasteiger partial charge in [-0.2, -0.15) is 0 Å². The van der Waals surface area contributed by atoms with Crippen molar-refractivity contribution in [2.24, 2.45) is 0 Å². The molecule has 0 atom stereocenters. The standard InChI is InChI=1S/C16H15Cl2NO2/c1-10-3-4-14(5-11(10)2)19-16(20)9-21-15-7-12(17)6-13(18)8-15/h3-8H,9H2,1-2H3,(H,19,20). The molecule has 0 saturated carbocycles. The Balaban J connectivity index is 1.94. The number of ether oxygens (including phenoxy) is 1. The highest BCUT2D eigenvalue weighted by molar-refractivity contribution is 6.34. The van der Waals surface area contributed by atoms with E-state index in [1.807, 2.05) is 32.0 Å². The van der Waals surface area contributed by atoms with Crippen molar-refractivity contribution in [2.75, 3.05) is 11.9 Å². The summed E-state index contributed by atoms with van der Waals surface area (Å²) >= 11 is 11.7. The van der Waals surface area contributed by atoms with Crippen molar-refractivity contribution >= 4 is 34.8 Å². The molecular weight excluding hydrogens is 309 g/mol. The van der Waals surface area contributed by atoms with Gasteiger partial charge in [-0.1, -0.05) is 29.3 Å². The zero-order valence-corrected chi connectivity index (χ0v) is 13.3. The van der Waals surface area contributed by atoms with E-state index >= 15 is 0 Å². The van der Waals surface area contributed by atoms with Crippen LogP contribution in [0.25, 0.3) is 0 Å². The summed E-state index contributed by atoms with van der Waals surface area (Å²) in [6, 6.07) is 10.6. The van der Waals surface area contributed by atoms with Gasteiger partial charge in [0.05, 0.1) is 0 Å². The summed E-state index contributed by atoms with van der Waals surface area (Å²) in [5, 5.41) is 3.71. The van der Waals surface area contributed by atoms with Gasteiger partial charge in [0.1, 0.15) is 5.75 Å². The molecule has 21 heavy (non-hydrogen) atoms. The Hall–Kier alpha value is -1.71. The van der Waals surface area contributed by atoms with Crippen molar-refractivity contribution in [3.8, 4) is 5.75 Å². The molecule has 1 amide bonds. The van der Waals surface area contributed by atoms with Gasteiger partial charge in [0.25, 0.3) is 5.91 Å². The summed E-state index contributed by atoms with van der Waals surface area (Å²) in [7, 11) is 0. The van der Waals surface area contributed by atoms with Gasteiger partial charge in [-0.05, 0) is 55.3 Å². The molecule has 5 heteroatoms. The molecule has 0 aliphatic rings. The molecule has 2 aromatic carbocycles. The third-order valence-corrected chi connectivity index (χ3v) is 3.43. The van der Waals surface area contributed by atoms with Crippen LogP contribution < -0.4 is 10.1 Å². The Kier molecular flexibility index (Phi) is 5.10. The SMILES string of the molecule is Cc1ccc(NC(=O)COc2cc(Cl)cc(Cl)c2)cc1C. The number of nitrogens with one attached hydrogen (secondary N) is 1. The van der Waals surface area contributed by atoms with Gasteiger partial charge >= 0.3 is 0 Å². The zero-order chi connectivity index (χ0) is 15.4. The fourth-order valence-corrected chi connectivity index (χ4v) is 2.28. The fraction of sp³-hybridized carbons (Fsp3) is 0.188. The van der Waals surface area contributed by atoms with Crippen LogP contribution in [0.15, 0.2) is 36.4 Å². The van der Waals surface area contributed by atoms with Crippen LogP contribution in [0.4, 0.5) is 5.69 Å². The first kappa shape index (κ1) is 15.7. The Morgan fingerprint density at radius 3 is 2.33 bits per heavy atom. The highest BCUT2D eigenvalue weighted by Crippen LogP contribution is 2.24. The second-order valence-electron chi connectivity index (χ2n) is 4.74. The number of benzene rings is 2. The van der Waals surface area contributed by atoms with E-state index in [4.69, 9.17) is 27.9 Å². The fourth-order valence-electron chi connectivity index (χ4n) is 1.78. The minimum Gasteiger partial charge on any atom is -0.484 e. The van der Waals surface area contributed by atoms with Gasteiger partial charge in [0.15, 0.2) is 6.61 Å². The summed E-state index contributed by atoms with van der Waals surface area (Å²) < 4.78 is 5.37. The summed E-state index contributed by atoms with van der Waals surface area (Å²) in [6.07, 6.45) is 0. The average molecular weight is 324 g/mol. The van der Waals surface area contributed by atoms with Crippen LogP contribution in [0.1, 0.15) is 11.1 Å². The number of amides is 1. The van der Waals surface area contributed by atoms with E-state index in [9.17, 15) is 4.79 Å². The van der Waals surface area contributed by atoms with Gasteiger partial charge in [-0.25, -0.2) is 0 Å². The number of hydrogen-bond donors (Lipinski definition) is 1. The largest absolute Gasteiger partial charge is 0.484 e. The summed E-state index contributed by atoms with van der Waals surface area (Å²) in [5.41, 5.74) is 3.05. The smallest absolute Gasteiger partial charge is 0.262 e. The van der Waals surface area contributed by atoms with Crippen molar-refractivity contribution in [1.29, 1.82) is 0 Å². The molecule has 0 bridgehead atoms. The van der Waals surface area contributed by atoms with E-state index in [0.29, 0.717) is 15.8 Å². The normalized spacial score (nSPS) is 10.3. The summed E-state index contributed by atoms with van der Waals surface area (Å²) in [5.74, 6) is 0.220. The van der Waals surface area contributed by atoms with Crippen molar-refractivity contribution in [1.82, 2.24) is 0 Å².